The minimum absolute atomic E-state index is 0.00694. The van der Waals surface area contributed by atoms with Crippen LogP contribution in [-0.2, 0) is 13.2 Å². The van der Waals surface area contributed by atoms with Crippen LogP contribution < -0.4 is 5.73 Å². The number of hydrogen-bond donors (Lipinski definition) is 3. The average molecular weight is 127 g/mol. The highest BCUT2D eigenvalue weighted by molar-refractivity contribution is 4.98. The third-order valence-electron chi connectivity index (χ3n) is 1.04. The SMILES string of the molecule is NCc1ncc(CO)[nH]1. The Morgan fingerprint density at radius 2 is 2.56 bits per heavy atom. The maximum atomic E-state index is 8.53. The van der Waals surface area contributed by atoms with Crippen molar-refractivity contribution in [2.24, 2.45) is 5.73 Å². The lowest BCUT2D eigenvalue weighted by molar-refractivity contribution is 0.277. The van der Waals surface area contributed by atoms with Crippen LogP contribution in [0.15, 0.2) is 6.20 Å². The number of hydrogen-bond acceptors (Lipinski definition) is 3. The Hall–Kier alpha value is -0.870. The van der Waals surface area contributed by atoms with E-state index in [1.165, 1.54) is 0 Å². The first-order valence-electron chi connectivity index (χ1n) is 2.70. The molecule has 50 valence electrons. The number of aliphatic hydroxyl groups excluding tert-OH is 1. The summed E-state index contributed by atoms with van der Waals surface area (Å²) in [5.41, 5.74) is 5.95. The Labute approximate surface area is 52.7 Å². The molecule has 0 aromatic carbocycles. The number of aromatic amines is 1. The van der Waals surface area contributed by atoms with Crippen LogP contribution in [0.5, 0.6) is 0 Å². The molecule has 0 bridgehead atoms. The highest BCUT2D eigenvalue weighted by Crippen LogP contribution is 1.93. The van der Waals surface area contributed by atoms with Crippen molar-refractivity contribution in [3.05, 3.63) is 17.7 Å². The Kier molecular flexibility index (Phi) is 1.81. The number of imidazole rings is 1. The normalized spacial score (nSPS) is 10.0. The zero-order valence-corrected chi connectivity index (χ0v) is 4.96. The lowest BCUT2D eigenvalue weighted by Crippen LogP contribution is -1.98. The van der Waals surface area contributed by atoms with E-state index < -0.39 is 0 Å². The molecule has 0 atom stereocenters. The van der Waals surface area contributed by atoms with E-state index >= 15 is 0 Å². The van der Waals surface area contributed by atoms with Gasteiger partial charge < -0.3 is 15.8 Å². The number of aromatic nitrogens is 2. The van der Waals surface area contributed by atoms with Crippen molar-refractivity contribution >= 4 is 0 Å². The first-order valence-corrected chi connectivity index (χ1v) is 2.70. The van der Waals surface area contributed by atoms with Crippen molar-refractivity contribution < 1.29 is 5.11 Å². The molecule has 0 spiro atoms. The van der Waals surface area contributed by atoms with E-state index in [9.17, 15) is 0 Å². The summed E-state index contributed by atoms with van der Waals surface area (Å²) >= 11 is 0. The first kappa shape index (κ1) is 6.25. The molecule has 4 N–H and O–H groups in total. The Morgan fingerprint density at radius 1 is 1.78 bits per heavy atom. The van der Waals surface area contributed by atoms with Gasteiger partial charge in [0.25, 0.3) is 0 Å². The van der Waals surface area contributed by atoms with Crippen molar-refractivity contribution in [1.29, 1.82) is 0 Å². The van der Waals surface area contributed by atoms with Crippen molar-refractivity contribution in [1.82, 2.24) is 9.97 Å². The zero-order chi connectivity index (χ0) is 6.69. The van der Waals surface area contributed by atoms with Crippen LogP contribution in [0.2, 0.25) is 0 Å². The molecule has 0 unspecified atom stereocenters. The fraction of sp³-hybridized carbons (Fsp3) is 0.400. The number of rotatable bonds is 2. The molecule has 1 rings (SSSR count). The lowest BCUT2D eigenvalue weighted by Gasteiger charge is -1.85. The number of aliphatic hydroxyl groups is 1. The summed E-state index contributed by atoms with van der Waals surface area (Å²) in [5, 5.41) is 8.53. The van der Waals surface area contributed by atoms with E-state index in [4.69, 9.17) is 10.8 Å². The largest absolute Gasteiger partial charge is 0.390 e. The standard InChI is InChI=1S/C5H9N3O/c6-1-5-7-2-4(3-9)8-5/h2,9H,1,3,6H2,(H,7,8). The highest BCUT2D eigenvalue weighted by atomic mass is 16.3. The van der Waals surface area contributed by atoms with E-state index in [0.29, 0.717) is 18.1 Å². The molecule has 0 aliphatic rings. The molecule has 0 fully saturated rings. The second-order valence-electron chi connectivity index (χ2n) is 1.72. The summed E-state index contributed by atoms with van der Waals surface area (Å²) in [4.78, 5) is 6.69. The van der Waals surface area contributed by atoms with Gasteiger partial charge >= 0.3 is 0 Å². The van der Waals surface area contributed by atoms with Crippen LogP contribution in [-0.4, -0.2) is 15.1 Å². The lowest BCUT2D eigenvalue weighted by atomic mass is 10.5. The Balaban J connectivity index is 2.74. The minimum Gasteiger partial charge on any atom is -0.390 e. The molecule has 4 heteroatoms. The van der Waals surface area contributed by atoms with Crippen LogP contribution in [0, 0.1) is 0 Å². The second-order valence-corrected chi connectivity index (χ2v) is 1.72. The fourth-order valence-corrected chi connectivity index (χ4v) is 0.590. The van der Waals surface area contributed by atoms with E-state index in [1.807, 2.05) is 0 Å². The number of nitrogens with zero attached hydrogens (tertiary/aromatic N) is 1. The molecule has 0 saturated carbocycles. The molecular formula is C5H9N3O. The molecule has 4 nitrogen and oxygen atoms in total. The van der Waals surface area contributed by atoms with Crippen molar-refractivity contribution in [2.45, 2.75) is 13.2 Å². The molecule has 0 aliphatic carbocycles. The quantitative estimate of drug-likeness (QED) is 0.494. The first-order chi connectivity index (χ1) is 4.36. The summed E-state index contributed by atoms with van der Waals surface area (Å²) in [6, 6.07) is 0. The third kappa shape index (κ3) is 1.28. The second kappa shape index (κ2) is 2.61. The van der Waals surface area contributed by atoms with Gasteiger partial charge in [-0.15, -0.1) is 0 Å². The van der Waals surface area contributed by atoms with Gasteiger partial charge in [0.1, 0.15) is 5.82 Å². The zero-order valence-electron chi connectivity index (χ0n) is 4.96. The molecule has 0 saturated heterocycles. The summed E-state index contributed by atoms with van der Waals surface area (Å²) in [6.07, 6.45) is 1.57. The molecule has 0 amide bonds. The molecule has 1 aromatic rings. The summed E-state index contributed by atoms with van der Waals surface area (Å²) in [7, 11) is 0. The van der Waals surface area contributed by atoms with Gasteiger partial charge in [-0.3, -0.25) is 0 Å². The smallest absolute Gasteiger partial charge is 0.120 e. The average Bonchev–Trinajstić information content (AvgIpc) is 2.34. The summed E-state index contributed by atoms with van der Waals surface area (Å²) in [5.74, 6) is 0.707. The molecule has 1 aromatic heterocycles. The van der Waals surface area contributed by atoms with Crippen LogP contribution in [0.3, 0.4) is 0 Å². The summed E-state index contributed by atoms with van der Waals surface area (Å²) < 4.78 is 0. The molecular weight excluding hydrogens is 118 g/mol. The van der Waals surface area contributed by atoms with E-state index in [-0.39, 0.29) is 6.61 Å². The minimum atomic E-state index is -0.00694. The maximum Gasteiger partial charge on any atom is 0.120 e. The topological polar surface area (TPSA) is 74.9 Å². The van der Waals surface area contributed by atoms with Crippen LogP contribution in [0.1, 0.15) is 11.5 Å². The van der Waals surface area contributed by atoms with Crippen LogP contribution >= 0.6 is 0 Å². The van der Waals surface area contributed by atoms with Gasteiger partial charge in [-0.05, 0) is 0 Å². The van der Waals surface area contributed by atoms with Gasteiger partial charge in [-0.1, -0.05) is 0 Å². The van der Waals surface area contributed by atoms with Crippen molar-refractivity contribution in [3.8, 4) is 0 Å². The van der Waals surface area contributed by atoms with Crippen molar-refractivity contribution in [3.63, 3.8) is 0 Å². The van der Waals surface area contributed by atoms with Gasteiger partial charge in [0.2, 0.25) is 0 Å². The highest BCUT2D eigenvalue weighted by Gasteiger charge is 1.94. The third-order valence-corrected chi connectivity index (χ3v) is 1.04. The van der Waals surface area contributed by atoms with Gasteiger partial charge in [-0.25, -0.2) is 4.98 Å². The van der Waals surface area contributed by atoms with Crippen LogP contribution in [0.4, 0.5) is 0 Å². The number of nitrogens with two attached hydrogens (primary N) is 1. The van der Waals surface area contributed by atoms with E-state index in [0.717, 1.165) is 0 Å². The monoisotopic (exact) mass is 127 g/mol. The number of nitrogens with one attached hydrogen (secondary N) is 1. The molecule has 9 heavy (non-hydrogen) atoms. The fourth-order valence-electron chi connectivity index (χ4n) is 0.590. The Morgan fingerprint density at radius 3 is 2.89 bits per heavy atom. The maximum absolute atomic E-state index is 8.53. The van der Waals surface area contributed by atoms with Gasteiger partial charge in [0.05, 0.1) is 25.0 Å². The van der Waals surface area contributed by atoms with E-state index in [2.05, 4.69) is 9.97 Å². The van der Waals surface area contributed by atoms with Gasteiger partial charge in [-0.2, -0.15) is 0 Å². The predicted molar refractivity (Wildman–Crippen MR) is 32.4 cm³/mol. The number of H-pyrrole nitrogens is 1. The molecule has 0 aliphatic heterocycles. The Bertz CT molecular complexity index is 166. The van der Waals surface area contributed by atoms with Gasteiger partial charge in [0, 0.05) is 0 Å². The van der Waals surface area contributed by atoms with Crippen molar-refractivity contribution in [2.75, 3.05) is 0 Å². The van der Waals surface area contributed by atoms with Crippen LogP contribution in [0.25, 0.3) is 0 Å². The van der Waals surface area contributed by atoms with E-state index in [1.54, 1.807) is 6.20 Å². The predicted octanol–water partition coefficient (Wildman–Crippen LogP) is -0.639. The molecule has 1 heterocycles. The molecule has 0 radical (unpaired) electrons. The van der Waals surface area contributed by atoms with Gasteiger partial charge in [0.15, 0.2) is 0 Å². The summed E-state index contributed by atoms with van der Waals surface area (Å²) in [6.45, 7) is 0.382.